The van der Waals surface area contributed by atoms with Crippen LogP contribution in [0.2, 0.25) is 0 Å². The third-order valence-electron chi connectivity index (χ3n) is 7.63. The molecule has 0 bridgehead atoms. The van der Waals surface area contributed by atoms with Gasteiger partial charge in [-0.1, -0.05) is 91.0 Å². The maximum Gasteiger partial charge on any atom is 0.0964 e. The zero-order chi connectivity index (χ0) is 25.6. The Bertz CT molecular complexity index is 1870. The largest absolute Gasteiger partial charge is 0.396 e. The molecule has 2 aromatic heterocycles. The molecule has 184 valence electrons. The van der Waals surface area contributed by atoms with Gasteiger partial charge in [-0.25, -0.2) is 0 Å². The second kappa shape index (κ2) is 8.86. The summed E-state index contributed by atoms with van der Waals surface area (Å²) in [5.74, 6) is 0. The number of aromatic nitrogens is 2. The van der Waals surface area contributed by atoms with Gasteiger partial charge in [-0.3, -0.25) is 0 Å². The smallest absolute Gasteiger partial charge is 0.0964 e. The third-order valence-corrected chi connectivity index (χ3v) is 7.63. The highest BCUT2D eigenvalue weighted by atomic mass is 15.1. The van der Waals surface area contributed by atoms with Crippen molar-refractivity contribution in [2.24, 2.45) is 0 Å². The fourth-order valence-electron chi connectivity index (χ4n) is 5.85. The minimum Gasteiger partial charge on any atom is -0.396 e. The van der Waals surface area contributed by atoms with E-state index in [2.05, 4.69) is 112 Å². The molecule has 0 unspecified atom stereocenters. The van der Waals surface area contributed by atoms with Gasteiger partial charge in [0.05, 0.1) is 33.8 Å². The number of fused-ring (bicyclic) bond motifs is 2. The van der Waals surface area contributed by atoms with E-state index in [1.165, 1.54) is 16.8 Å². The molecule has 38 heavy (non-hydrogen) atoms. The van der Waals surface area contributed by atoms with Gasteiger partial charge in [-0.05, 0) is 54.3 Å². The standard InChI is InChI=1S/C34H28N4/c35-31-27-15-7-9-17-29(27)37(25-13-5-2-6-14-25)33(31)34-32(36)28-16-8-10-18-30(28)38(34)26-21-19-24(20-22-26)23-11-3-1-4-12-23/h1-19,21H,20,22,35-36H2. The number of hydrogen-bond acceptors (Lipinski definition) is 2. The van der Waals surface area contributed by atoms with Crippen LogP contribution in [0.4, 0.5) is 11.4 Å². The monoisotopic (exact) mass is 492 g/mol. The maximum absolute atomic E-state index is 7.00. The van der Waals surface area contributed by atoms with Crippen molar-refractivity contribution in [2.45, 2.75) is 12.8 Å². The second-order valence-electron chi connectivity index (χ2n) is 9.78. The van der Waals surface area contributed by atoms with E-state index in [1.54, 1.807) is 0 Å². The highest BCUT2D eigenvalue weighted by molar-refractivity contribution is 6.09. The van der Waals surface area contributed by atoms with Crippen LogP contribution in [0.25, 0.3) is 50.2 Å². The van der Waals surface area contributed by atoms with E-state index in [9.17, 15) is 0 Å². The predicted octanol–water partition coefficient (Wildman–Crippen LogP) is 8.13. The number of nitrogen functional groups attached to an aromatic ring is 2. The van der Waals surface area contributed by atoms with Gasteiger partial charge in [0.1, 0.15) is 0 Å². The van der Waals surface area contributed by atoms with E-state index in [0.717, 1.165) is 63.1 Å². The number of benzene rings is 4. The molecule has 4 aromatic carbocycles. The topological polar surface area (TPSA) is 61.9 Å². The van der Waals surface area contributed by atoms with Crippen LogP contribution in [0.5, 0.6) is 0 Å². The molecule has 4 nitrogen and oxygen atoms in total. The van der Waals surface area contributed by atoms with Crippen LogP contribution in [0.15, 0.2) is 121 Å². The van der Waals surface area contributed by atoms with Gasteiger partial charge < -0.3 is 20.6 Å². The first-order valence-corrected chi connectivity index (χ1v) is 13.0. The molecule has 7 rings (SSSR count). The Labute approximate surface area is 221 Å². The molecular weight excluding hydrogens is 464 g/mol. The van der Waals surface area contributed by atoms with Crippen LogP contribution in [0, 0.1) is 0 Å². The summed E-state index contributed by atoms with van der Waals surface area (Å²) in [4.78, 5) is 0. The van der Waals surface area contributed by atoms with Crippen molar-refractivity contribution >= 4 is 44.5 Å². The fraction of sp³-hybridized carbons (Fsp3) is 0.0588. The Morgan fingerprint density at radius 2 is 1.03 bits per heavy atom. The Hall–Kier alpha value is -4.96. The molecule has 0 aliphatic heterocycles. The number of rotatable bonds is 4. The van der Waals surface area contributed by atoms with Crippen molar-refractivity contribution < 1.29 is 0 Å². The highest BCUT2D eigenvalue weighted by Gasteiger charge is 2.27. The summed E-state index contributed by atoms with van der Waals surface area (Å²) >= 11 is 0. The lowest BCUT2D eigenvalue weighted by atomic mass is 9.95. The lowest BCUT2D eigenvalue weighted by Gasteiger charge is -2.21. The van der Waals surface area contributed by atoms with E-state index in [4.69, 9.17) is 11.5 Å². The molecule has 6 aromatic rings. The van der Waals surface area contributed by atoms with E-state index in [1.807, 2.05) is 18.2 Å². The van der Waals surface area contributed by atoms with Crippen LogP contribution < -0.4 is 11.5 Å². The average molecular weight is 493 g/mol. The number of allylic oxidation sites excluding steroid dienone is 4. The van der Waals surface area contributed by atoms with Crippen LogP contribution in [0.3, 0.4) is 0 Å². The lowest BCUT2D eigenvalue weighted by molar-refractivity contribution is 0.972. The Morgan fingerprint density at radius 3 is 1.63 bits per heavy atom. The second-order valence-corrected chi connectivity index (χ2v) is 9.78. The predicted molar refractivity (Wildman–Crippen MR) is 161 cm³/mol. The lowest BCUT2D eigenvalue weighted by Crippen LogP contribution is -2.07. The summed E-state index contributed by atoms with van der Waals surface area (Å²) in [6.45, 7) is 0. The molecule has 4 heteroatoms. The van der Waals surface area contributed by atoms with Crippen molar-refractivity contribution in [3.63, 3.8) is 0 Å². The van der Waals surface area contributed by atoms with E-state index >= 15 is 0 Å². The average Bonchev–Trinajstić information content (AvgIpc) is 3.44. The zero-order valence-electron chi connectivity index (χ0n) is 21.0. The van der Waals surface area contributed by atoms with Gasteiger partial charge in [0, 0.05) is 22.2 Å². The molecule has 0 spiro atoms. The quantitative estimate of drug-likeness (QED) is 0.261. The fourth-order valence-corrected chi connectivity index (χ4v) is 5.85. The number of para-hydroxylation sites is 3. The van der Waals surface area contributed by atoms with Gasteiger partial charge in [0.25, 0.3) is 0 Å². The van der Waals surface area contributed by atoms with Gasteiger partial charge in [0.2, 0.25) is 0 Å². The first kappa shape index (κ1) is 22.3. The van der Waals surface area contributed by atoms with Gasteiger partial charge in [-0.2, -0.15) is 0 Å². The first-order chi connectivity index (χ1) is 18.7. The molecular formula is C34H28N4. The van der Waals surface area contributed by atoms with Crippen molar-refractivity contribution in [2.75, 3.05) is 11.5 Å². The van der Waals surface area contributed by atoms with Crippen LogP contribution in [0.1, 0.15) is 18.4 Å². The van der Waals surface area contributed by atoms with Crippen molar-refractivity contribution in [1.29, 1.82) is 0 Å². The van der Waals surface area contributed by atoms with Crippen LogP contribution in [-0.2, 0) is 0 Å². The van der Waals surface area contributed by atoms with Gasteiger partial charge in [-0.15, -0.1) is 0 Å². The van der Waals surface area contributed by atoms with Crippen LogP contribution in [-0.4, -0.2) is 9.13 Å². The molecule has 0 atom stereocenters. The highest BCUT2D eigenvalue weighted by Crippen LogP contribution is 2.46. The molecule has 0 fully saturated rings. The molecule has 1 aliphatic carbocycles. The molecule has 1 aliphatic rings. The van der Waals surface area contributed by atoms with Crippen LogP contribution >= 0.6 is 0 Å². The first-order valence-electron chi connectivity index (χ1n) is 13.0. The Balaban J connectivity index is 1.53. The number of hydrogen-bond donors (Lipinski definition) is 2. The van der Waals surface area contributed by atoms with Gasteiger partial charge >= 0.3 is 0 Å². The summed E-state index contributed by atoms with van der Waals surface area (Å²) in [6, 6.07) is 37.7. The summed E-state index contributed by atoms with van der Waals surface area (Å²) in [5, 5.41) is 2.05. The molecule has 0 radical (unpaired) electrons. The number of anilines is 2. The minimum absolute atomic E-state index is 0.733. The number of nitrogens with two attached hydrogens (primary N) is 2. The zero-order valence-corrected chi connectivity index (χ0v) is 21.0. The summed E-state index contributed by atoms with van der Waals surface area (Å²) in [5.41, 5.74) is 24.3. The van der Waals surface area contributed by atoms with Gasteiger partial charge in [0.15, 0.2) is 0 Å². The van der Waals surface area contributed by atoms with E-state index in [0.29, 0.717) is 0 Å². The minimum atomic E-state index is 0.733. The normalized spacial score (nSPS) is 13.6. The third kappa shape index (κ3) is 3.38. The number of nitrogens with zero attached hydrogens (tertiary/aromatic N) is 2. The van der Waals surface area contributed by atoms with Crippen molar-refractivity contribution in [3.8, 4) is 17.1 Å². The van der Waals surface area contributed by atoms with E-state index in [-0.39, 0.29) is 0 Å². The molecule has 4 N–H and O–H groups in total. The van der Waals surface area contributed by atoms with Crippen molar-refractivity contribution in [1.82, 2.24) is 9.13 Å². The van der Waals surface area contributed by atoms with Crippen molar-refractivity contribution in [3.05, 3.63) is 127 Å². The summed E-state index contributed by atoms with van der Waals surface area (Å²) < 4.78 is 4.58. The Morgan fingerprint density at radius 1 is 0.500 bits per heavy atom. The van der Waals surface area contributed by atoms with E-state index < -0.39 is 0 Å². The maximum atomic E-state index is 7.00. The SMILES string of the molecule is Nc1c(-c2c(N)c3ccccc3n2-c2ccccc2)n(C2=CC=C(c3ccccc3)CC2)c2ccccc12. The summed E-state index contributed by atoms with van der Waals surface area (Å²) in [7, 11) is 0. The molecule has 2 heterocycles. The summed E-state index contributed by atoms with van der Waals surface area (Å²) in [6.07, 6.45) is 6.35. The molecule has 0 saturated heterocycles. The molecule has 0 saturated carbocycles. The molecule has 0 amide bonds. The Kier molecular flexibility index (Phi) is 5.19.